The summed E-state index contributed by atoms with van der Waals surface area (Å²) in [6.07, 6.45) is 2.97. The van der Waals surface area contributed by atoms with Crippen molar-refractivity contribution in [2.75, 3.05) is 6.26 Å². The third-order valence-electron chi connectivity index (χ3n) is 0.841. The molecule has 0 N–H and O–H groups in total. The van der Waals surface area contributed by atoms with E-state index in [4.69, 9.17) is 5.26 Å². The fraction of sp³-hybridized carbons (Fsp3) is 0.200. The van der Waals surface area contributed by atoms with E-state index in [1.54, 1.807) is 6.26 Å². The van der Waals surface area contributed by atoms with Crippen molar-refractivity contribution in [3.8, 4) is 6.07 Å². The van der Waals surface area contributed by atoms with E-state index in [0.29, 0.717) is 9.22 Å². The van der Waals surface area contributed by atoms with E-state index < -0.39 is 11.2 Å². The fourth-order valence-corrected chi connectivity index (χ4v) is 1.83. The molecule has 1 atom stereocenters. The van der Waals surface area contributed by atoms with Gasteiger partial charge >= 0.3 is 4.34 Å². The first-order valence-electron chi connectivity index (χ1n) is 2.43. The topological polar surface area (TPSA) is 59.7 Å². The third-order valence-corrected chi connectivity index (χ3v) is 3.09. The highest BCUT2D eigenvalue weighted by Crippen LogP contribution is 2.16. The lowest BCUT2D eigenvalue weighted by Gasteiger charge is -1.94. The maximum atomic E-state index is 10.7. The van der Waals surface area contributed by atoms with Gasteiger partial charge in [0.05, 0.1) is 6.20 Å². The van der Waals surface area contributed by atoms with Crippen LogP contribution in [-0.4, -0.2) is 15.8 Å². The van der Waals surface area contributed by atoms with Crippen LogP contribution in [0, 0.1) is 11.3 Å². The van der Waals surface area contributed by atoms with Crippen LogP contribution in [0.4, 0.5) is 0 Å². The molecule has 0 bridgehead atoms. The maximum Gasteiger partial charge on any atom is 0.302 e. The highest BCUT2D eigenvalue weighted by atomic mass is 32.2. The molecule has 1 rings (SSSR count). The van der Waals surface area contributed by atoms with Crippen molar-refractivity contribution in [3.05, 3.63) is 11.1 Å². The van der Waals surface area contributed by atoms with Crippen LogP contribution in [0.1, 0.15) is 4.88 Å². The minimum absolute atomic E-state index is 0.505. The van der Waals surface area contributed by atoms with Crippen LogP contribution in [0.15, 0.2) is 10.5 Å². The molecule has 0 saturated carbocycles. The molecule has 52 valence electrons. The van der Waals surface area contributed by atoms with Crippen molar-refractivity contribution in [1.82, 2.24) is 4.98 Å². The molecule has 1 unspecified atom stereocenters. The van der Waals surface area contributed by atoms with Gasteiger partial charge in [-0.2, -0.15) is 10.2 Å². The first-order valence-corrected chi connectivity index (χ1v) is 4.81. The summed E-state index contributed by atoms with van der Waals surface area (Å²) in [7, 11) is 0. The Kier molecular flexibility index (Phi) is 2.27. The van der Waals surface area contributed by atoms with Crippen LogP contribution in [0.5, 0.6) is 0 Å². The molecule has 5 heteroatoms. The number of nitrogens with zero attached hydrogens (tertiary/aromatic N) is 2. The third kappa shape index (κ3) is 1.48. The molecular formula is C5H4N2OS2. The molecule has 0 radical (unpaired) electrons. The predicted molar refractivity (Wildman–Crippen MR) is 39.2 cm³/mol. The lowest BCUT2D eigenvalue weighted by atomic mass is 10.6. The quantitative estimate of drug-likeness (QED) is 0.587. The average Bonchev–Trinajstić information content (AvgIpc) is 2.34. The van der Waals surface area contributed by atoms with Crippen molar-refractivity contribution in [2.45, 2.75) is 4.34 Å². The number of thiazole rings is 1. The molecule has 3 nitrogen and oxygen atoms in total. The van der Waals surface area contributed by atoms with Gasteiger partial charge in [-0.05, 0) is 0 Å². The number of hydrogen-bond acceptors (Lipinski definition) is 4. The molecule has 1 aromatic heterocycles. The van der Waals surface area contributed by atoms with Crippen molar-refractivity contribution in [1.29, 1.82) is 5.26 Å². The maximum absolute atomic E-state index is 10.7. The monoisotopic (exact) mass is 172 g/mol. The number of hydrogen-bond donors (Lipinski definition) is 0. The zero-order chi connectivity index (χ0) is 7.56. The molecule has 1 heterocycles. The summed E-state index contributed by atoms with van der Waals surface area (Å²) in [6.45, 7) is 0. The Hall–Kier alpha value is -0.570. The highest BCUT2D eigenvalue weighted by Gasteiger charge is 2.09. The molecule has 0 aliphatic rings. The molecule has 0 saturated heterocycles. The summed E-state index contributed by atoms with van der Waals surface area (Å²) < 4.78 is 11.2. The molecule has 0 aliphatic heterocycles. The fourth-order valence-electron chi connectivity index (χ4n) is 0.443. The number of nitriles is 1. The molecule has 0 spiro atoms. The second-order valence-corrected chi connectivity index (χ2v) is 4.14. The van der Waals surface area contributed by atoms with E-state index in [1.165, 1.54) is 17.5 Å². The predicted octanol–water partition coefficient (Wildman–Crippen LogP) is 0.752. The molecule has 10 heavy (non-hydrogen) atoms. The van der Waals surface area contributed by atoms with Gasteiger partial charge in [-0.15, -0.1) is 0 Å². The van der Waals surface area contributed by atoms with E-state index >= 15 is 0 Å². The largest absolute Gasteiger partial charge is 0.610 e. The SMILES string of the molecule is C[S+]([O-])c1ncc(C#N)s1. The van der Waals surface area contributed by atoms with Crippen molar-refractivity contribution >= 4 is 22.5 Å². The molecule has 1 aromatic rings. The normalized spacial score (nSPS) is 12.5. The van der Waals surface area contributed by atoms with E-state index in [9.17, 15) is 4.55 Å². The smallest absolute Gasteiger partial charge is 0.302 e. The van der Waals surface area contributed by atoms with Gasteiger partial charge < -0.3 is 4.55 Å². The van der Waals surface area contributed by atoms with Crippen molar-refractivity contribution in [2.24, 2.45) is 0 Å². The summed E-state index contributed by atoms with van der Waals surface area (Å²) >= 11 is 0.115. The van der Waals surface area contributed by atoms with Gasteiger partial charge in [0.1, 0.15) is 17.2 Å². The van der Waals surface area contributed by atoms with Gasteiger partial charge in [0.25, 0.3) is 0 Å². The number of aromatic nitrogens is 1. The van der Waals surface area contributed by atoms with Crippen LogP contribution in [0.2, 0.25) is 0 Å². The zero-order valence-electron chi connectivity index (χ0n) is 5.20. The summed E-state index contributed by atoms with van der Waals surface area (Å²) in [4.78, 5) is 4.29. The van der Waals surface area contributed by atoms with Crippen LogP contribution in [0.3, 0.4) is 0 Å². The van der Waals surface area contributed by atoms with E-state index in [0.717, 1.165) is 0 Å². The molecule has 0 aliphatic carbocycles. The second-order valence-electron chi connectivity index (χ2n) is 1.56. The average molecular weight is 172 g/mol. The van der Waals surface area contributed by atoms with Gasteiger partial charge in [-0.3, -0.25) is 0 Å². The lowest BCUT2D eigenvalue weighted by molar-refractivity contribution is 0.600. The van der Waals surface area contributed by atoms with E-state index in [-0.39, 0.29) is 0 Å². The van der Waals surface area contributed by atoms with Crippen LogP contribution >= 0.6 is 11.3 Å². The summed E-state index contributed by atoms with van der Waals surface area (Å²) in [6, 6.07) is 1.92. The Bertz CT molecular complexity index is 263. The first-order chi connectivity index (χ1) is 4.74. The standard InChI is InChI=1S/C5H4N2OS2/c1-10(8)5-7-3-4(2-6)9-5/h3H,1H3. The lowest BCUT2D eigenvalue weighted by Crippen LogP contribution is -1.94. The minimum Gasteiger partial charge on any atom is -0.610 e. The van der Waals surface area contributed by atoms with Crippen molar-refractivity contribution < 1.29 is 4.55 Å². The van der Waals surface area contributed by atoms with E-state index in [1.807, 2.05) is 6.07 Å². The van der Waals surface area contributed by atoms with Gasteiger partial charge in [-0.1, -0.05) is 11.3 Å². The Labute approximate surface area is 65.5 Å². The molecule has 0 amide bonds. The molecular weight excluding hydrogens is 168 g/mol. The summed E-state index contributed by atoms with van der Waals surface area (Å²) in [5.74, 6) is 0. The Morgan fingerprint density at radius 3 is 2.90 bits per heavy atom. The zero-order valence-corrected chi connectivity index (χ0v) is 6.83. The second kappa shape index (κ2) is 3.01. The van der Waals surface area contributed by atoms with Crippen LogP contribution < -0.4 is 0 Å². The van der Waals surface area contributed by atoms with Crippen molar-refractivity contribution in [3.63, 3.8) is 0 Å². The Morgan fingerprint density at radius 1 is 1.90 bits per heavy atom. The minimum atomic E-state index is -1.05. The van der Waals surface area contributed by atoms with Gasteiger partial charge in [0.2, 0.25) is 0 Å². The molecule has 0 aromatic carbocycles. The highest BCUT2D eigenvalue weighted by molar-refractivity contribution is 7.92. The molecule has 0 fully saturated rings. The van der Waals surface area contributed by atoms with E-state index in [2.05, 4.69) is 4.98 Å². The van der Waals surface area contributed by atoms with Gasteiger partial charge in [0, 0.05) is 11.2 Å². The summed E-state index contributed by atoms with van der Waals surface area (Å²) in [5, 5.41) is 8.35. The Balaban J connectivity index is 2.91. The first kappa shape index (κ1) is 7.54. The summed E-state index contributed by atoms with van der Waals surface area (Å²) in [5.41, 5.74) is 0. The van der Waals surface area contributed by atoms with Gasteiger partial charge in [-0.25, -0.2) is 0 Å². The van der Waals surface area contributed by atoms with Gasteiger partial charge in [0.15, 0.2) is 0 Å². The number of rotatable bonds is 1. The Morgan fingerprint density at radius 2 is 2.60 bits per heavy atom. The van der Waals surface area contributed by atoms with Crippen LogP contribution in [-0.2, 0) is 11.2 Å². The van der Waals surface area contributed by atoms with Crippen LogP contribution in [0.25, 0.3) is 0 Å².